The zero-order chi connectivity index (χ0) is 15.9. The van der Waals surface area contributed by atoms with Gasteiger partial charge in [-0.1, -0.05) is 11.8 Å². The number of hydrogen-bond acceptors (Lipinski definition) is 4. The first-order valence-corrected chi connectivity index (χ1v) is 7.60. The Bertz CT molecular complexity index is 683. The Morgan fingerprint density at radius 2 is 1.91 bits per heavy atom. The molecule has 0 amide bonds. The molecule has 23 heavy (non-hydrogen) atoms. The van der Waals surface area contributed by atoms with Gasteiger partial charge in [-0.2, -0.15) is 0 Å². The summed E-state index contributed by atoms with van der Waals surface area (Å²) in [6.45, 7) is 4.19. The first kappa shape index (κ1) is 15.3. The van der Waals surface area contributed by atoms with Gasteiger partial charge >= 0.3 is 0 Å². The highest BCUT2D eigenvalue weighted by Crippen LogP contribution is 2.12. The molecule has 1 aliphatic rings. The maximum Gasteiger partial charge on any atom is 0.149 e. The summed E-state index contributed by atoms with van der Waals surface area (Å²) in [6.07, 6.45) is 1.78. The van der Waals surface area contributed by atoms with Crippen molar-refractivity contribution in [3.8, 4) is 17.6 Å². The van der Waals surface area contributed by atoms with E-state index in [1.165, 1.54) is 12.1 Å². The molecular weight excluding hydrogens is 293 g/mol. The number of ether oxygens (including phenoxy) is 1. The minimum absolute atomic E-state index is 0.255. The fourth-order valence-electron chi connectivity index (χ4n) is 2.33. The zero-order valence-electron chi connectivity index (χ0n) is 12.8. The first-order valence-electron chi connectivity index (χ1n) is 7.60. The Kier molecular flexibility index (Phi) is 5.07. The molecule has 0 saturated carbocycles. The van der Waals surface area contributed by atoms with Crippen LogP contribution in [0.1, 0.15) is 5.56 Å². The van der Waals surface area contributed by atoms with Crippen LogP contribution in [-0.4, -0.2) is 37.8 Å². The summed E-state index contributed by atoms with van der Waals surface area (Å²) in [5.74, 6) is 7.26. The van der Waals surface area contributed by atoms with Crippen LogP contribution in [0, 0.1) is 17.7 Å². The number of hydrogen-bond donors (Lipinski definition) is 1. The summed E-state index contributed by atoms with van der Waals surface area (Å²) in [5.41, 5.74) is 0.853. The van der Waals surface area contributed by atoms with Crippen LogP contribution in [0.25, 0.3) is 0 Å². The van der Waals surface area contributed by atoms with Gasteiger partial charge in [0, 0.05) is 37.9 Å². The van der Waals surface area contributed by atoms with Crippen molar-refractivity contribution < 1.29 is 9.13 Å². The smallest absolute Gasteiger partial charge is 0.149 e. The number of pyridine rings is 1. The number of aromatic nitrogens is 1. The maximum atomic E-state index is 12.8. The molecule has 2 heterocycles. The largest absolute Gasteiger partial charge is 0.481 e. The van der Waals surface area contributed by atoms with Crippen molar-refractivity contribution in [2.45, 2.75) is 0 Å². The highest BCUT2D eigenvalue weighted by atomic mass is 19.1. The van der Waals surface area contributed by atoms with Crippen LogP contribution in [0.5, 0.6) is 5.75 Å². The lowest BCUT2D eigenvalue weighted by molar-refractivity contribution is 0.369. The van der Waals surface area contributed by atoms with Gasteiger partial charge in [0.2, 0.25) is 0 Å². The van der Waals surface area contributed by atoms with Crippen LogP contribution in [0.4, 0.5) is 10.2 Å². The highest BCUT2D eigenvalue weighted by Gasteiger charge is 2.10. The Balaban J connectivity index is 1.53. The molecule has 0 radical (unpaired) electrons. The molecule has 3 rings (SSSR count). The zero-order valence-corrected chi connectivity index (χ0v) is 12.8. The van der Waals surface area contributed by atoms with Crippen molar-refractivity contribution in [2.24, 2.45) is 0 Å². The molecule has 1 aliphatic heterocycles. The Morgan fingerprint density at radius 3 is 2.61 bits per heavy atom. The number of benzene rings is 1. The van der Waals surface area contributed by atoms with E-state index in [1.807, 2.05) is 12.1 Å². The van der Waals surface area contributed by atoms with Gasteiger partial charge in [0.15, 0.2) is 0 Å². The van der Waals surface area contributed by atoms with E-state index in [4.69, 9.17) is 4.74 Å². The van der Waals surface area contributed by atoms with Gasteiger partial charge in [-0.15, -0.1) is 0 Å². The van der Waals surface area contributed by atoms with E-state index >= 15 is 0 Å². The molecule has 1 aromatic carbocycles. The molecule has 1 saturated heterocycles. The number of halogens is 1. The summed E-state index contributed by atoms with van der Waals surface area (Å²) in [6, 6.07) is 9.86. The van der Waals surface area contributed by atoms with Gasteiger partial charge in [-0.25, -0.2) is 9.37 Å². The van der Waals surface area contributed by atoms with Gasteiger partial charge in [-0.3, -0.25) is 0 Å². The molecule has 0 atom stereocenters. The topological polar surface area (TPSA) is 37.4 Å². The van der Waals surface area contributed by atoms with Crippen LogP contribution in [0.2, 0.25) is 0 Å². The van der Waals surface area contributed by atoms with Gasteiger partial charge in [0.25, 0.3) is 0 Å². The van der Waals surface area contributed by atoms with Gasteiger partial charge in [-0.05, 0) is 36.4 Å². The average Bonchev–Trinajstić information content (AvgIpc) is 2.62. The number of rotatable bonds is 3. The average molecular weight is 311 g/mol. The van der Waals surface area contributed by atoms with Crippen molar-refractivity contribution in [2.75, 3.05) is 37.7 Å². The maximum absolute atomic E-state index is 12.8. The van der Waals surface area contributed by atoms with Crippen molar-refractivity contribution in [3.63, 3.8) is 0 Å². The predicted octanol–water partition coefficient (Wildman–Crippen LogP) is 2.06. The number of anilines is 1. The number of nitrogens with one attached hydrogen (secondary N) is 1. The third-order valence-corrected chi connectivity index (χ3v) is 3.55. The second-order valence-electron chi connectivity index (χ2n) is 5.19. The van der Waals surface area contributed by atoms with Crippen LogP contribution in [-0.2, 0) is 0 Å². The third kappa shape index (κ3) is 4.44. The van der Waals surface area contributed by atoms with Crippen LogP contribution in [0.15, 0.2) is 42.6 Å². The third-order valence-electron chi connectivity index (χ3n) is 3.55. The van der Waals surface area contributed by atoms with Crippen molar-refractivity contribution in [1.29, 1.82) is 0 Å². The quantitative estimate of drug-likeness (QED) is 0.881. The normalized spacial score (nSPS) is 14.0. The van der Waals surface area contributed by atoms with E-state index < -0.39 is 0 Å². The van der Waals surface area contributed by atoms with E-state index in [0.717, 1.165) is 37.6 Å². The SMILES string of the molecule is Fc1ccc(OCC#Cc2ccc(N3CCNCC3)nc2)cc1. The monoisotopic (exact) mass is 311 g/mol. The van der Waals surface area contributed by atoms with E-state index in [-0.39, 0.29) is 12.4 Å². The fraction of sp³-hybridized carbons (Fsp3) is 0.278. The van der Waals surface area contributed by atoms with E-state index in [2.05, 4.69) is 27.0 Å². The highest BCUT2D eigenvalue weighted by molar-refractivity contribution is 5.43. The number of piperazine rings is 1. The molecule has 0 bridgehead atoms. The molecule has 0 spiro atoms. The summed E-state index contributed by atoms with van der Waals surface area (Å²) in [7, 11) is 0. The summed E-state index contributed by atoms with van der Waals surface area (Å²) >= 11 is 0. The Morgan fingerprint density at radius 1 is 1.13 bits per heavy atom. The second kappa shape index (κ2) is 7.61. The summed E-state index contributed by atoms with van der Waals surface area (Å²) < 4.78 is 18.2. The lowest BCUT2D eigenvalue weighted by Gasteiger charge is -2.28. The predicted molar refractivity (Wildman–Crippen MR) is 88.1 cm³/mol. The summed E-state index contributed by atoms with van der Waals surface area (Å²) in [4.78, 5) is 6.72. The standard InChI is InChI=1S/C18H18FN3O/c19-16-4-6-17(7-5-16)23-13-1-2-15-3-8-18(21-14-15)22-11-9-20-10-12-22/h3-8,14,20H,9-13H2. The van der Waals surface area contributed by atoms with Crippen molar-refractivity contribution >= 4 is 5.82 Å². The van der Waals surface area contributed by atoms with Crippen LogP contribution in [0.3, 0.4) is 0 Å². The van der Waals surface area contributed by atoms with Gasteiger partial charge in [0.05, 0.1) is 0 Å². The van der Waals surface area contributed by atoms with E-state index in [9.17, 15) is 4.39 Å². The van der Waals surface area contributed by atoms with Crippen LogP contribution < -0.4 is 15.0 Å². The van der Waals surface area contributed by atoms with E-state index in [0.29, 0.717) is 5.75 Å². The molecule has 1 N–H and O–H groups in total. The van der Waals surface area contributed by atoms with E-state index in [1.54, 1.807) is 18.3 Å². The van der Waals surface area contributed by atoms with Crippen LogP contribution >= 0.6 is 0 Å². The lowest BCUT2D eigenvalue weighted by Crippen LogP contribution is -2.43. The molecule has 2 aromatic rings. The van der Waals surface area contributed by atoms with Crippen molar-refractivity contribution in [3.05, 3.63) is 54.0 Å². The molecule has 4 nitrogen and oxygen atoms in total. The van der Waals surface area contributed by atoms with Gasteiger partial charge < -0.3 is 15.0 Å². The minimum Gasteiger partial charge on any atom is -0.481 e. The summed E-state index contributed by atoms with van der Waals surface area (Å²) in [5, 5.41) is 3.32. The van der Waals surface area contributed by atoms with Crippen molar-refractivity contribution in [1.82, 2.24) is 10.3 Å². The molecular formula is C18H18FN3O. The van der Waals surface area contributed by atoms with Gasteiger partial charge in [0.1, 0.15) is 24.0 Å². The second-order valence-corrected chi connectivity index (χ2v) is 5.19. The molecule has 1 aromatic heterocycles. The molecule has 118 valence electrons. The molecule has 1 fully saturated rings. The molecule has 0 unspecified atom stereocenters. The lowest BCUT2D eigenvalue weighted by atomic mass is 10.2. The Labute approximate surface area is 135 Å². The molecule has 5 heteroatoms. The molecule has 0 aliphatic carbocycles. The first-order chi connectivity index (χ1) is 11.3. The Hall–Kier alpha value is -2.58. The number of nitrogens with zero attached hydrogens (tertiary/aromatic N) is 2. The minimum atomic E-state index is -0.279. The fourth-order valence-corrected chi connectivity index (χ4v) is 2.33.